The maximum atomic E-state index is 6.03. The summed E-state index contributed by atoms with van der Waals surface area (Å²) in [5, 5.41) is 0. The third kappa shape index (κ3) is 4.46. The molecule has 0 spiro atoms. The first-order valence-corrected chi connectivity index (χ1v) is 9.80. The van der Waals surface area contributed by atoms with E-state index in [-0.39, 0.29) is 6.04 Å². The van der Waals surface area contributed by atoms with Gasteiger partial charge in [-0.2, -0.15) is 0 Å². The molecule has 29 heavy (non-hydrogen) atoms. The zero-order valence-electron chi connectivity index (χ0n) is 18.4. The van der Waals surface area contributed by atoms with Crippen molar-refractivity contribution in [1.29, 1.82) is 0 Å². The molecule has 0 amide bonds. The maximum Gasteiger partial charge on any atom is 0.226 e. The standard InChI is InChI=1S/C24H30N2O3/c1-15-13-23(28-7)16(2)12-21(15)24-25-22(18(4)29-24)14-26(5)17(3)19-8-10-20(27-6)11-9-19/h8-13,17H,14H2,1-7H3/t17-/m0/s1. The van der Waals surface area contributed by atoms with E-state index in [1.165, 1.54) is 5.56 Å². The number of ether oxygens (including phenoxy) is 2. The molecular formula is C24H30N2O3. The highest BCUT2D eigenvalue weighted by Gasteiger charge is 2.19. The van der Waals surface area contributed by atoms with Crippen LogP contribution in [0.1, 0.15) is 41.1 Å². The normalized spacial score (nSPS) is 12.3. The molecule has 3 aromatic rings. The first-order valence-electron chi connectivity index (χ1n) is 9.80. The van der Waals surface area contributed by atoms with Crippen LogP contribution in [0, 0.1) is 20.8 Å². The second-order valence-electron chi connectivity index (χ2n) is 7.52. The van der Waals surface area contributed by atoms with Crippen LogP contribution in [0.3, 0.4) is 0 Å². The van der Waals surface area contributed by atoms with Crippen LogP contribution in [0.15, 0.2) is 40.8 Å². The van der Waals surface area contributed by atoms with Gasteiger partial charge in [-0.15, -0.1) is 0 Å². The van der Waals surface area contributed by atoms with Gasteiger partial charge in [-0.05, 0) is 75.7 Å². The molecule has 5 nitrogen and oxygen atoms in total. The monoisotopic (exact) mass is 394 g/mol. The molecule has 3 rings (SSSR count). The fourth-order valence-corrected chi connectivity index (χ4v) is 3.44. The topological polar surface area (TPSA) is 47.7 Å². The molecule has 1 aromatic heterocycles. The summed E-state index contributed by atoms with van der Waals surface area (Å²) in [6, 6.07) is 12.5. The quantitative estimate of drug-likeness (QED) is 0.531. The highest BCUT2D eigenvalue weighted by molar-refractivity contribution is 5.62. The van der Waals surface area contributed by atoms with Crippen molar-refractivity contribution < 1.29 is 13.9 Å². The summed E-state index contributed by atoms with van der Waals surface area (Å²) in [6.45, 7) is 8.95. The first-order chi connectivity index (χ1) is 13.8. The third-order valence-electron chi connectivity index (χ3n) is 5.52. The van der Waals surface area contributed by atoms with E-state index >= 15 is 0 Å². The van der Waals surface area contributed by atoms with Crippen LogP contribution in [0.4, 0.5) is 0 Å². The first kappa shape index (κ1) is 20.9. The summed E-state index contributed by atoms with van der Waals surface area (Å²) < 4.78 is 16.7. The lowest BCUT2D eigenvalue weighted by atomic mass is 10.0. The number of nitrogens with zero attached hydrogens (tertiary/aromatic N) is 2. The van der Waals surface area contributed by atoms with Gasteiger partial charge in [0.1, 0.15) is 17.3 Å². The predicted octanol–water partition coefficient (Wildman–Crippen LogP) is 5.48. The average molecular weight is 395 g/mol. The molecule has 0 N–H and O–H groups in total. The number of aryl methyl sites for hydroxylation is 3. The minimum Gasteiger partial charge on any atom is -0.497 e. The summed E-state index contributed by atoms with van der Waals surface area (Å²) in [7, 11) is 5.47. The lowest BCUT2D eigenvalue weighted by Gasteiger charge is -2.24. The smallest absolute Gasteiger partial charge is 0.226 e. The van der Waals surface area contributed by atoms with Crippen LogP contribution in [0.25, 0.3) is 11.5 Å². The largest absolute Gasteiger partial charge is 0.497 e. The van der Waals surface area contributed by atoms with E-state index in [1.54, 1.807) is 14.2 Å². The molecule has 5 heteroatoms. The van der Waals surface area contributed by atoms with Gasteiger partial charge in [0.25, 0.3) is 0 Å². The van der Waals surface area contributed by atoms with Gasteiger partial charge >= 0.3 is 0 Å². The van der Waals surface area contributed by atoms with Crippen LogP contribution in [-0.4, -0.2) is 31.2 Å². The molecule has 1 heterocycles. The van der Waals surface area contributed by atoms with E-state index in [0.717, 1.165) is 39.6 Å². The van der Waals surface area contributed by atoms with E-state index in [0.29, 0.717) is 12.4 Å². The van der Waals surface area contributed by atoms with E-state index < -0.39 is 0 Å². The minimum absolute atomic E-state index is 0.241. The molecule has 0 aliphatic carbocycles. The number of hydrogen-bond donors (Lipinski definition) is 0. The van der Waals surface area contributed by atoms with Crippen molar-refractivity contribution >= 4 is 0 Å². The van der Waals surface area contributed by atoms with Gasteiger partial charge < -0.3 is 13.9 Å². The highest BCUT2D eigenvalue weighted by Crippen LogP contribution is 2.31. The number of oxazole rings is 1. The molecular weight excluding hydrogens is 364 g/mol. The zero-order valence-corrected chi connectivity index (χ0v) is 18.4. The molecule has 154 valence electrons. The van der Waals surface area contributed by atoms with Crippen LogP contribution < -0.4 is 9.47 Å². The molecule has 0 aliphatic rings. The molecule has 2 aromatic carbocycles. The lowest BCUT2D eigenvalue weighted by Crippen LogP contribution is -2.22. The lowest BCUT2D eigenvalue weighted by molar-refractivity contribution is 0.249. The van der Waals surface area contributed by atoms with Gasteiger partial charge in [0.15, 0.2) is 0 Å². The zero-order chi connectivity index (χ0) is 21.1. The Morgan fingerprint density at radius 1 is 1.00 bits per heavy atom. The van der Waals surface area contributed by atoms with Crippen molar-refractivity contribution in [3.8, 4) is 23.0 Å². The van der Waals surface area contributed by atoms with Crippen LogP contribution in [0.5, 0.6) is 11.5 Å². The Labute approximate surface area is 173 Å². The highest BCUT2D eigenvalue weighted by atomic mass is 16.5. The molecule has 0 saturated carbocycles. The van der Waals surface area contributed by atoms with Crippen molar-refractivity contribution in [2.45, 2.75) is 40.3 Å². The fraction of sp³-hybridized carbons (Fsp3) is 0.375. The van der Waals surface area contributed by atoms with Gasteiger partial charge in [0, 0.05) is 18.2 Å². The number of aromatic nitrogens is 1. The SMILES string of the molecule is COc1ccc([C@H](C)N(C)Cc2nc(-c3cc(C)c(OC)cc3C)oc2C)cc1. The maximum absolute atomic E-state index is 6.03. The number of methoxy groups -OCH3 is 2. The van der Waals surface area contributed by atoms with E-state index in [2.05, 4.69) is 37.1 Å². The van der Waals surface area contributed by atoms with Crippen LogP contribution in [0.2, 0.25) is 0 Å². The Hall–Kier alpha value is -2.79. The third-order valence-corrected chi connectivity index (χ3v) is 5.52. The number of hydrogen-bond acceptors (Lipinski definition) is 5. The van der Waals surface area contributed by atoms with Crippen molar-refractivity contribution in [3.05, 3.63) is 64.5 Å². The summed E-state index contributed by atoms with van der Waals surface area (Å²) in [6.07, 6.45) is 0. The Morgan fingerprint density at radius 2 is 1.69 bits per heavy atom. The molecule has 0 saturated heterocycles. The predicted molar refractivity (Wildman–Crippen MR) is 116 cm³/mol. The van der Waals surface area contributed by atoms with Gasteiger partial charge in [-0.3, -0.25) is 4.90 Å². The summed E-state index contributed by atoms with van der Waals surface area (Å²) in [4.78, 5) is 7.08. The molecule has 0 fully saturated rings. The summed E-state index contributed by atoms with van der Waals surface area (Å²) in [5.41, 5.74) is 5.34. The fourth-order valence-electron chi connectivity index (χ4n) is 3.44. The summed E-state index contributed by atoms with van der Waals surface area (Å²) in [5.74, 6) is 3.25. The van der Waals surface area contributed by atoms with E-state index in [9.17, 15) is 0 Å². The van der Waals surface area contributed by atoms with Gasteiger partial charge in [-0.25, -0.2) is 4.98 Å². The van der Waals surface area contributed by atoms with E-state index in [1.807, 2.05) is 39.0 Å². The summed E-state index contributed by atoms with van der Waals surface area (Å²) >= 11 is 0. The second kappa shape index (κ2) is 8.70. The molecule has 0 bridgehead atoms. The molecule has 0 aliphatic heterocycles. The number of rotatable bonds is 7. The van der Waals surface area contributed by atoms with E-state index in [4.69, 9.17) is 18.9 Å². The van der Waals surface area contributed by atoms with Crippen molar-refractivity contribution in [3.63, 3.8) is 0 Å². The molecule has 0 unspecified atom stereocenters. The average Bonchev–Trinajstić information content (AvgIpc) is 3.08. The second-order valence-corrected chi connectivity index (χ2v) is 7.52. The minimum atomic E-state index is 0.241. The Kier molecular flexibility index (Phi) is 6.28. The van der Waals surface area contributed by atoms with Crippen molar-refractivity contribution in [2.75, 3.05) is 21.3 Å². The van der Waals surface area contributed by atoms with Crippen molar-refractivity contribution in [2.24, 2.45) is 0 Å². The Bertz CT molecular complexity index is 977. The van der Waals surface area contributed by atoms with Gasteiger partial charge in [-0.1, -0.05) is 12.1 Å². The van der Waals surface area contributed by atoms with Crippen molar-refractivity contribution in [1.82, 2.24) is 9.88 Å². The van der Waals surface area contributed by atoms with Gasteiger partial charge in [0.2, 0.25) is 5.89 Å². The Balaban J connectivity index is 1.80. The molecule has 1 atom stereocenters. The van der Waals surface area contributed by atoms with Crippen LogP contribution in [-0.2, 0) is 6.54 Å². The number of benzene rings is 2. The van der Waals surface area contributed by atoms with Gasteiger partial charge in [0.05, 0.1) is 19.9 Å². The molecule has 0 radical (unpaired) electrons. The van der Waals surface area contributed by atoms with Crippen LogP contribution >= 0.6 is 0 Å². The Morgan fingerprint density at radius 3 is 2.31 bits per heavy atom.